The molecule has 0 heterocycles. The summed E-state index contributed by atoms with van der Waals surface area (Å²) in [5, 5.41) is 2.48. The van der Waals surface area contributed by atoms with Crippen LogP contribution in [0, 0.1) is 0 Å². The lowest BCUT2D eigenvalue weighted by Crippen LogP contribution is -2.46. The molecule has 0 aromatic heterocycles. The van der Waals surface area contributed by atoms with Crippen LogP contribution < -0.4 is 10.1 Å². The van der Waals surface area contributed by atoms with Crippen molar-refractivity contribution in [2.75, 3.05) is 20.3 Å². The zero-order valence-corrected chi connectivity index (χ0v) is 16.8. The molecule has 0 unspecified atom stereocenters. The summed E-state index contributed by atoms with van der Waals surface area (Å²) >= 11 is 0. The lowest BCUT2D eigenvalue weighted by atomic mass is 10.1. The third-order valence-corrected chi connectivity index (χ3v) is 4.52. The molecule has 1 aromatic carbocycles. The Morgan fingerprint density at radius 2 is 1.59 bits per heavy atom. The summed E-state index contributed by atoms with van der Waals surface area (Å²) in [5.41, 5.74) is 0.402. The van der Waals surface area contributed by atoms with Gasteiger partial charge >= 0.3 is 5.97 Å². The first-order valence-electron chi connectivity index (χ1n) is 9.22. The fraction of sp³-hybridized carbons (Fsp3) is 0.550. The number of carbonyl (C=O) groups excluding carboxylic acids is 3. The van der Waals surface area contributed by atoms with Crippen molar-refractivity contribution < 1.29 is 23.9 Å². The van der Waals surface area contributed by atoms with Gasteiger partial charge in [-0.15, -0.1) is 0 Å². The van der Waals surface area contributed by atoms with E-state index in [1.54, 1.807) is 29.2 Å². The van der Waals surface area contributed by atoms with Gasteiger partial charge in [-0.2, -0.15) is 0 Å². The van der Waals surface area contributed by atoms with Gasteiger partial charge in [0.05, 0.1) is 7.11 Å². The number of amides is 2. The Morgan fingerprint density at radius 1 is 1.04 bits per heavy atom. The molecule has 0 saturated heterocycles. The fourth-order valence-electron chi connectivity index (χ4n) is 2.58. The lowest BCUT2D eigenvalue weighted by Gasteiger charge is -2.33. The summed E-state index contributed by atoms with van der Waals surface area (Å²) in [5.74, 6) is -0.648. The summed E-state index contributed by atoms with van der Waals surface area (Å²) in [6.07, 6.45) is 1.64. The monoisotopic (exact) mass is 378 g/mol. The van der Waals surface area contributed by atoms with E-state index >= 15 is 0 Å². The molecule has 150 valence electrons. The zero-order valence-electron chi connectivity index (χ0n) is 16.8. The maximum absolute atomic E-state index is 12.4. The Morgan fingerprint density at radius 3 is 2.07 bits per heavy atom. The normalized spacial score (nSPS) is 12.6. The second-order valence-corrected chi connectivity index (χ2v) is 6.39. The Bertz CT molecular complexity index is 620. The average Bonchev–Trinajstić information content (AvgIpc) is 2.70. The number of rotatable bonds is 10. The van der Waals surface area contributed by atoms with Gasteiger partial charge in [0.2, 0.25) is 0 Å². The molecular formula is C20H30N2O5. The van der Waals surface area contributed by atoms with Crippen LogP contribution in [0.4, 0.5) is 0 Å². The number of esters is 1. The van der Waals surface area contributed by atoms with Gasteiger partial charge in [-0.25, -0.2) is 0 Å². The van der Waals surface area contributed by atoms with Crippen molar-refractivity contribution in [1.82, 2.24) is 10.2 Å². The minimum Gasteiger partial charge on any atom is -0.497 e. The molecule has 7 heteroatoms. The predicted octanol–water partition coefficient (Wildman–Crippen LogP) is 2.39. The summed E-state index contributed by atoms with van der Waals surface area (Å²) < 4.78 is 10.1. The first-order chi connectivity index (χ1) is 12.8. The van der Waals surface area contributed by atoms with Crippen LogP contribution in [0.1, 0.15) is 50.9 Å². The summed E-state index contributed by atoms with van der Waals surface area (Å²) in [4.78, 5) is 38.0. The van der Waals surface area contributed by atoms with Gasteiger partial charge in [-0.05, 0) is 51.0 Å². The van der Waals surface area contributed by atoms with E-state index in [0.29, 0.717) is 11.3 Å². The minimum atomic E-state index is -0.654. The van der Waals surface area contributed by atoms with E-state index < -0.39 is 11.9 Å². The second kappa shape index (κ2) is 11.2. The molecule has 0 aliphatic carbocycles. The Hall–Kier alpha value is -2.57. The van der Waals surface area contributed by atoms with E-state index in [0.717, 1.165) is 12.8 Å². The smallest absolute Gasteiger partial charge is 0.325 e. The molecule has 27 heavy (non-hydrogen) atoms. The van der Waals surface area contributed by atoms with Crippen molar-refractivity contribution in [2.24, 2.45) is 0 Å². The minimum absolute atomic E-state index is 0.0703. The van der Waals surface area contributed by atoms with Gasteiger partial charge in [0, 0.05) is 17.6 Å². The van der Waals surface area contributed by atoms with E-state index in [9.17, 15) is 14.4 Å². The van der Waals surface area contributed by atoms with Gasteiger partial charge in [-0.1, -0.05) is 13.8 Å². The lowest BCUT2D eigenvalue weighted by molar-refractivity contribution is -0.153. The van der Waals surface area contributed by atoms with E-state index in [4.69, 9.17) is 9.47 Å². The van der Waals surface area contributed by atoms with Crippen molar-refractivity contribution in [1.29, 1.82) is 0 Å². The van der Waals surface area contributed by atoms with Gasteiger partial charge in [-0.3, -0.25) is 14.4 Å². The molecule has 2 atom stereocenters. The van der Waals surface area contributed by atoms with Crippen LogP contribution >= 0.6 is 0 Å². The van der Waals surface area contributed by atoms with Crippen molar-refractivity contribution in [3.63, 3.8) is 0 Å². The number of carbonyl (C=O) groups is 3. The number of ether oxygens (including phenoxy) is 2. The number of benzene rings is 1. The Kier molecular flexibility index (Phi) is 9.33. The number of nitrogens with one attached hydrogen (secondary N) is 1. The highest BCUT2D eigenvalue weighted by molar-refractivity contribution is 5.96. The van der Waals surface area contributed by atoms with Crippen molar-refractivity contribution in [3.8, 4) is 5.75 Å². The van der Waals surface area contributed by atoms with Crippen LogP contribution in [-0.4, -0.2) is 55.0 Å². The molecule has 0 bridgehead atoms. The maximum Gasteiger partial charge on any atom is 0.325 e. The second-order valence-electron chi connectivity index (χ2n) is 6.39. The predicted molar refractivity (Wildman–Crippen MR) is 103 cm³/mol. The molecular weight excluding hydrogens is 348 g/mol. The fourth-order valence-corrected chi connectivity index (χ4v) is 2.58. The molecule has 0 saturated carbocycles. The van der Waals surface area contributed by atoms with Crippen LogP contribution in [0.25, 0.3) is 0 Å². The highest BCUT2D eigenvalue weighted by Crippen LogP contribution is 2.12. The zero-order chi connectivity index (χ0) is 20.4. The molecule has 1 rings (SSSR count). The van der Waals surface area contributed by atoms with E-state index in [-0.39, 0.29) is 31.1 Å². The topological polar surface area (TPSA) is 84.9 Å². The van der Waals surface area contributed by atoms with E-state index in [2.05, 4.69) is 5.32 Å². The van der Waals surface area contributed by atoms with Crippen molar-refractivity contribution >= 4 is 17.8 Å². The number of hydrogen-bond acceptors (Lipinski definition) is 5. The standard InChI is InChI=1S/C20H30N2O5/c1-6-14(3)22(15(4)7-2)18(23)13-27-19(24)12-21-20(25)16-8-10-17(26-5)11-9-16/h8-11,14-15H,6-7,12-13H2,1-5H3,(H,21,25)/t14-,15-/m1/s1. The highest BCUT2D eigenvalue weighted by Gasteiger charge is 2.24. The summed E-state index contributed by atoms with van der Waals surface area (Å²) in [6.45, 7) is 7.33. The van der Waals surface area contributed by atoms with Crippen LogP contribution in [0.3, 0.4) is 0 Å². The van der Waals surface area contributed by atoms with E-state index in [1.165, 1.54) is 7.11 Å². The van der Waals surface area contributed by atoms with Crippen LogP contribution in [0.15, 0.2) is 24.3 Å². The Balaban J connectivity index is 2.49. The van der Waals surface area contributed by atoms with Gasteiger partial charge in [0.25, 0.3) is 11.8 Å². The van der Waals surface area contributed by atoms with Crippen molar-refractivity contribution in [3.05, 3.63) is 29.8 Å². The van der Waals surface area contributed by atoms with Crippen LogP contribution in [0.2, 0.25) is 0 Å². The molecule has 0 radical (unpaired) electrons. The number of nitrogens with zero attached hydrogens (tertiary/aromatic N) is 1. The quantitative estimate of drug-likeness (QED) is 0.632. The molecule has 7 nitrogen and oxygen atoms in total. The largest absolute Gasteiger partial charge is 0.497 e. The summed E-state index contributed by atoms with van der Waals surface area (Å²) in [6, 6.07) is 6.65. The molecule has 0 aliphatic rings. The first-order valence-corrected chi connectivity index (χ1v) is 9.22. The van der Waals surface area contributed by atoms with Gasteiger partial charge in [0.15, 0.2) is 6.61 Å². The number of methoxy groups -OCH3 is 1. The van der Waals surface area contributed by atoms with Gasteiger partial charge < -0.3 is 19.7 Å². The molecule has 2 amide bonds. The highest BCUT2D eigenvalue weighted by atomic mass is 16.5. The van der Waals surface area contributed by atoms with E-state index in [1.807, 2.05) is 27.7 Å². The van der Waals surface area contributed by atoms with Crippen LogP contribution in [-0.2, 0) is 14.3 Å². The van der Waals surface area contributed by atoms with Crippen molar-refractivity contribution in [2.45, 2.75) is 52.6 Å². The molecule has 1 aromatic rings. The molecule has 1 N–H and O–H groups in total. The van der Waals surface area contributed by atoms with Gasteiger partial charge in [0.1, 0.15) is 12.3 Å². The maximum atomic E-state index is 12.4. The average molecular weight is 378 g/mol. The molecule has 0 aliphatic heterocycles. The molecule has 0 fully saturated rings. The third kappa shape index (κ3) is 6.92. The molecule has 0 spiro atoms. The van der Waals surface area contributed by atoms with Crippen LogP contribution in [0.5, 0.6) is 5.75 Å². The SMILES string of the molecule is CC[C@@H](C)N(C(=O)COC(=O)CNC(=O)c1ccc(OC)cc1)[C@H](C)CC. The third-order valence-electron chi connectivity index (χ3n) is 4.52. The summed E-state index contributed by atoms with van der Waals surface area (Å²) in [7, 11) is 1.54. The number of hydrogen-bond donors (Lipinski definition) is 1. The Labute approximate surface area is 161 Å². The first kappa shape index (κ1) is 22.5.